The maximum Gasteiger partial charge on any atom is 0.161 e. The van der Waals surface area contributed by atoms with Gasteiger partial charge >= 0.3 is 0 Å². The number of rotatable bonds is 2. The van der Waals surface area contributed by atoms with Crippen LogP contribution in [0.3, 0.4) is 0 Å². The van der Waals surface area contributed by atoms with Gasteiger partial charge in [0.15, 0.2) is 11.6 Å². The number of carbonyl (C=O) groups excluding carboxylic acids is 1. The van der Waals surface area contributed by atoms with Crippen molar-refractivity contribution in [3.63, 3.8) is 0 Å². The van der Waals surface area contributed by atoms with Crippen LogP contribution in [0.5, 0.6) is 0 Å². The number of ketones is 1. The fourth-order valence-corrected chi connectivity index (χ4v) is 4.77. The molecule has 0 bridgehead atoms. The Labute approximate surface area is 181 Å². The standard InChI is InChI=1S/C25H23N5O/c1-29(2)16-12-10-15(11-13-16)22-18(14-26)25-28-24(27)17-6-3-4-7-19(17)30(25)20-8-5-9-21(31)23(20)22/h3-4,6-7,10-13,22H,5,8-9H2,1-2H3,(H2,27,28)/t22-/m0/s1. The van der Waals surface area contributed by atoms with Crippen LogP contribution in [-0.2, 0) is 4.79 Å². The van der Waals surface area contributed by atoms with Crippen molar-refractivity contribution < 1.29 is 4.79 Å². The van der Waals surface area contributed by atoms with E-state index in [1.807, 2.05) is 72.4 Å². The summed E-state index contributed by atoms with van der Waals surface area (Å²) in [6.45, 7) is 0. The molecule has 6 heteroatoms. The van der Waals surface area contributed by atoms with Gasteiger partial charge in [-0.25, -0.2) is 4.99 Å². The average Bonchev–Trinajstić information content (AvgIpc) is 2.78. The molecule has 3 aliphatic rings. The molecule has 2 aromatic carbocycles. The number of benzene rings is 2. The molecular formula is C25H23N5O. The van der Waals surface area contributed by atoms with Crippen molar-refractivity contribution in [3.05, 3.63) is 82.3 Å². The normalized spacial score (nSPS) is 19.9. The molecule has 0 unspecified atom stereocenters. The number of aliphatic imine (C=N–C) groups is 1. The first-order chi connectivity index (χ1) is 15.0. The molecule has 0 spiro atoms. The highest BCUT2D eigenvalue weighted by Gasteiger charge is 2.42. The number of carbonyl (C=O) groups is 1. The zero-order valence-electron chi connectivity index (χ0n) is 17.6. The summed E-state index contributed by atoms with van der Waals surface area (Å²) >= 11 is 0. The highest BCUT2D eigenvalue weighted by atomic mass is 16.1. The highest BCUT2D eigenvalue weighted by molar-refractivity contribution is 6.08. The van der Waals surface area contributed by atoms with Crippen LogP contribution in [0.15, 0.2) is 76.2 Å². The lowest BCUT2D eigenvalue weighted by molar-refractivity contribution is -0.116. The molecule has 0 saturated carbocycles. The van der Waals surface area contributed by atoms with E-state index in [9.17, 15) is 10.1 Å². The van der Waals surface area contributed by atoms with Crippen molar-refractivity contribution in [2.75, 3.05) is 23.9 Å². The minimum absolute atomic E-state index is 0.106. The molecule has 0 fully saturated rings. The van der Waals surface area contributed by atoms with Gasteiger partial charge in [-0.3, -0.25) is 9.69 Å². The van der Waals surface area contributed by atoms with Gasteiger partial charge in [0.05, 0.1) is 23.2 Å². The van der Waals surface area contributed by atoms with E-state index in [1.165, 1.54) is 0 Å². The Kier molecular flexibility index (Phi) is 4.40. The van der Waals surface area contributed by atoms with Crippen molar-refractivity contribution in [1.82, 2.24) is 0 Å². The molecular weight excluding hydrogens is 386 g/mol. The first kappa shape index (κ1) is 19.1. The van der Waals surface area contributed by atoms with Crippen LogP contribution in [0.2, 0.25) is 0 Å². The highest BCUT2D eigenvalue weighted by Crippen LogP contribution is 2.49. The van der Waals surface area contributed by atoms with E-state index in [0.717, 1.165) is 46.6 Å². The molecule has 31 heavy (non-hydrogen) atoms. The van der Waals surface area contributed by atoms with Gasteiger partial charge in [0.1, 0.15) is 5.84 Å². The van der Waals surface area contributed by atoms with Crippen molar-refractivity contribution >= 4 is 23.0 Å². The molecule has 2 aliphatic heterocycles. The van der Waals surface area contributed by atoms with Gasteiger partial charge < -0.3 is 10.6 Å². The zero-order valence-corrected chi connectivity index (χ0v) is 17.6. The number of para-hydroxylation sites is 1. The Hall–Kier alpha value is -3.85. The number of allylic oxidation sites excluding steroid dienone is 3. The van der Waals surface area contributed by atoms with Gasteiger partial charge in [-0.05, 0) is 42.7 Å². The molecule has 0 saturated heterocycles. The number of hydrogen-bond acceptors (Lipinski definition) is 6. The Morgan fingerprint density at radius 1 is 1.13 bits per heavy atom. The van der Waals surface area contributed by atoms with Crippen molar-refractivity contribution in [3.8, 4) is 6.07 Å². The fraction of sp³-hybridized carbons (Fsp3) is 0.240. The second-order valence-corrected chi connectivity index (χ2v) is 8.25. The van der Waals surface area contributed by atoms with E-state index in [1.54, 1.807) is 0 Å². The summed E-state index contributed by atoms with van der Waals surface area (Å²) < 4.78 is 0. The van der Waals surface area contributed by atoms with Crippen LogP contribution < -0.4 is 15.5 Å². The molecule has 1 atom stereocenters. The summed E-state index contributed by atoms with van der Waals surface area (Å²) in [4.78, 5) is 21.9. The van der Waals surface area contributed by atoms with E-state index in [2.05, 4.69) is 11.1 Å². The Morgan fingerprint density at radius 3 is 2.58 bits per heavy atom. The summed E-state index contributed by atoms with van der Waals surface area (Å²) in [6, 6.07) is 18.2. The second kappa shape index (κ2) is 7.13. The van der Waals surface area contributed by atoms with Crippen LogP contribution in [0.25, 0.3) is 0 Å². The lowest BCUT2D eigenvalue weighted by Crippen LogP contribution is -2.39. The molecule has 2 N–H and O–H groups in total. The summed E-state index contributed by atoms with van der Waals surface area (Å²) in [5.74, 6) is 0.600. The zero-order chi connectivity index (χ0) is 21.7. The number of nitrogens with zero attached hydrogens (tertiary/aromatic N) is 4. The van der Waals surface area contributed by atoms with E-state index >= 15 is 0 Å². The van der Waals surface area contributed by atoms with Crippen LogP contribution >= 0.6 is 0 Å². The Morgan fingerprint density at radius 2 is 1.87 bits per heavy atom. The van der Waals surface area contributed by atoms with Gasteiger partial charge in [-0.2, -0.15) is 5.26 Å². The summed E-state index contributed by atoms with van der Waals surface area (Å²) in [5, 5.41) is 10.2. The lowest BCUT2D eigenvalue weighted by Gasteiger charge is -2.41. The molecule has 2 aromatic rings. The summed E-state index contributed by atoms with van der Waals surface area (Å²) in [5.41, 5.74) is 12.1. The second-order valence-electron chi connectivity index (χ2n) is 8.25. The van der Waals surface area contributed by atoms with E-state index in [4.69, 9.17) is 5.73 Å². The van der Waals surface area contributed by atoms with Crippen LogP contribution in [0.4, 0.5) is 11.4 Å². The Bertz CT molecular complexity index is 1230. The molecule has 0 amide bonds. The number of fused-ring (bicyclic) bond motifs is 4. The first-order valence-corrected chi connectivity index (χ1v) is 10.4. The predicted octanol–water partition coefficient (Wildman–Crippen LogP) is 3.82. The third-order valence-electron chi connectivity index (χ3n) is 6.24. The lowest BCUT2D eigenvalue weighted by atomic mass is 9.75. The van der Waals surface area contributed by atoms with E-state index in [-0.39, 0.29) is 5.78 Å². The maximum absolute atomic E-state index is 13.2. The average molecular weight is 409 g/mol. The minimum atomic E-state index is -0.433. The van der Waals surface area contributed by atoms with E-state index in [0.29, 0.717) is 23.7 Å². The number of Topliss-reactive ketones (excluding diaryl/α,β-unsaturated/α-hetero) is 1. The number of hydrogen-bond donors (Lipinski definition) is 1. The summed E-state index contributed by atoms with van der Waals surface area (Å²) in [6.07, 6.45) is 2.05. The summed E-state index contributed by atoms with van der Waals surface area (Å²) in [7, 11) is 3.97. The first-order valence-electron chi connectivity index (χ1n) is 10.4. The van der Waals surface area contributed by atoms with Crippen molar-refractivity contribution in [1.29, 1.82) is 5.26 Å². The van der Waals surface area contributed by atoms with Crippen molar-refractivity contribution in [2.45, 2.75) is 25.2 Å². The minimum Gasteiger partial charge on any atom is -0.383 e. The fourth-order valence-electron chi connectivity index (χ4n) is 4.77. The monoisotopic (exact) mass is 409 g/mol. The topological polar surface area (TPSA) is 85.7 Å². The molecule has 6 nitrogen and oxygen atoms in total. The number of amidine groups is 1. The quantitative estimate of drug-likeness (QED) is 0.815. The van der Waals surface area contributed by atoms with Gasteiger partial charge in [0.25, 0.3) is 0 Å². The number of anilines is 2. The van der Waals surface area contributed by atoms with Gasteiger partial charge in [-0.1, -0.05) is 24.3 Å². The maximum atomic E-state index is 13.2. The third-order valence-corrected chi connectivity index (χ3v) is 6.24. The predicted molar refractivity (Wildman–Crippen MR) is 122 cm³/mol. The smallest absolute Gasteiger partial charge is 0.161 e. The van der Waals surface area contributed by atoms with Crippen molar-refractivity contribution in [2.24, 2.45) is 10.7 Å². The van der Waals surface area contributed by atoms with Gasteiger partial charge in [0, 0.05) is 43.0 Å². The van der Waals surface area contributed by atoms with Gasteiger partial charge in [0.2, 0.25) is 0 Å². The molecule has 0 aromatic heterocycles. The SMILES string of the molecule is CN(C)c1ccc([C@H]2C(C#N)=C3N=C(N)c4ccccc4N3C3=C2C(=O)CCC3)cc1. The van der Waals surface area contributed by atoms with Crippen LogP contribution in [0, 0.1) is 11.3 Å². The number of nitriles is 1. The van der Waals surface area contributed by atoms with Crippen LogP contribution in [-0.4, -0.2) is 25.7 Å². The van der Waals surface area contributed by atoms with E-state index < -0.39 is 5.92 Å². The third kappa shape index (κ3) is 2.85. The largest absolute Gasteiger partial charge is 0.383 e. The number of nitrogens with two attached hydrogens (primary N) is 1. The molecule has 5 rings (SSSR count). The molecule has 154 valence electrons. The van der Waals surface area contributed by atoms with Gasteiger partial charge in [-0.15, -0.1) is 0 Å². The Balaban J connectivity index is 1.78. The molecule has 0 radical (unpaired) electrons. The van der Waals surface area contributed by atoms with Crippen LogP contribution in [0.1, 0.15) is 36.3 Å². The molecule has 2 heterocycles. The molecule has 1 aliphatic carbocycles.